The maximum Gasteiger partial charge on any atom is 0.408 e. The molecule has 0 unspecified atom stereocenters. The average molecular weight is 536 g/mol. The van der Waals surface area contributed by atoms with E-state index in [4.69, 9.17) is 9.47 Å². The lowest BCUT2D eigenvalue weighted by atomic mass is 10.1. The largest absolute Gasteiger partial charge is 0.507 e. The Morgan fingerprint density at radius 1 is 1.14 bits per heavy atom. The molecule has 3 rings (SSSR count). The van der Waals surface area contributed by atoms with Crippen LogP contribution in [0, 0.1) is 0 Å². The number of guanidine groups is 1. The van der Waals surface area contributed by atoms with Crippen LogP contribution in [0.25, 0.3) is 0 Å². The maximum atomic E-state index is 12.5. The van der Waals surface area contributed by atoms with Crippen LogP contribution in [0.15, 0.2) is 53.5 Å². The van der Waals surface area contributed by atoms with Crippen molar-refractivity contribution in [3.8, 4) is 11.5 Å². The average Bonchev–Trinajstić information content (AvgIpc) is 2.88. The van der Waals surface area contributed by atoms with Crippen molar-refractivity contribution in [3.05, 3.63) is 59.7 Å². The zero-order chi connectivity index (χ0) is 25.8. The number of phenols is 1. The van der Waals surface area contributed by atoms with Gasteiger partial charge in [0.2, 0.25) is 0 Å². The van der Waals surface area contributed by atoms with Crippen molar-refractivity contribution in [1.82, 2.24) is 21.3 Å². The van der Waals surface area contributed by atoms with Crippen molar-refractivity contribution in [2.45, 2.75) is 19.1 Å². The number of ether oxygens (including phenoxy) is 2. The fraction of sp³-hybridized carbons (Fsp3) is 0.333. The first-order valence-corrected chi connectivity index (χ1v) is 11.4. The molecule has 13 heteroatoms. The van der Waals surface area contributed by atoms with E-state index in [0.717, 1.165) is 31.0 Å². The Balaban J connectivity index is 0.00000481. The van der Waals surface area contributed by atoms with Crippen molar-refractivity contribution in [1.29, 1.82) is 0 Å². The van der Waals surface area contributed by atoms with Crippen molar-refractivity contribution in [3.63, 3.8) is 0 Å². The minimum Gasteiger partial charge on any atom is -0.507 e. The highest BCUT2D eigenvalue weighted by Crippen LogP contribution is 2.23. The molecule has 2 aromatic rings. The topological polar surface area (TPSA) is 171 Å². The number of amides is 2. The minimum absolute atomic E-state index is 0. The Labute approximate surface area is 219 Å². The summed E-state index contributed by atoms with van der Waals surface area (Å²) in [7, 11) is 0. The second-order valence-electron chi connectivity index (χ2n) is 7.77. The number of carbonyl (C=O) groups is 3. The van der Waals surface area contributed by atoms with Crippen LogP contribution >= 0.6 is 12.4 Å². The number of halogens is 1. The highest BCUT2D eigenvalue weighted by molar-refractivity contribution is 5.97. The SMILES string of the molecule is Cl.O=C(N[C@@H](CNC(=O)c1ccc(OCCNC2=NCCCN2)cc1O)C(=O)O)OCc1ccccc1. The summed E-state index contributed by atoms with van der Waals surface area (Å²) in [6.07, 6.45) is 0.0565. The van der Waals surface area contributed by atoms with E-state index in [2.05, 4.69) is 26.3 Å². The van der Waals surface area contributed by atoms with Gasteiger partial charge in [0.1, 0.15) is 30.8 Å². The van der Waals surface area contributed by atoms with E-state index in [1.54, 1.807) is 24.3 Å². The molecule has 0 spiro atoms. The molecule has 6 N–H and O–H groups in total. The van der Waals surface area contributed by atoms with E-state index in [1.165, 1.54) is 18.2 Å². The Kier molecular flexibility index (Phi) is 11.8. The van der Waals surface area contributed by atoms with E-state index < -0.39 is 30.6 Å². The number of aliphatic carboxylic acids is 1. The zero-order valence-electron chi connectivity index (χ0n) is 19.9. The summed E-state index contributed by atoms with van der Waals surface area (Å²) in [6, 6.07) is 11.6. The number of benzene rings is 2. The number of carbonyl (C=O) groups excluding carboxylic acids is 2. The number of aromatic hydroxyl groups is 1. The number of alkyl carbamates (subject to hydrolysis) is 1. The van der Waals surface area contributed by atoms with Crippen LogP contribution in [0.1, 0.15) is 22.3 Å². The number of rotatable bonds is 11. The second kappa shape index (κ2) is 15.0. The molecule has 2 amide bonds. The van der Waals surface area contributed by atoms with Crippen molar-refractivity contribution < 1.29 is 34.1 Å². The first-order chi connectivity index (χ1) is 17.4. The first kappa shape index (κ1) is 29.0. The Morgan fingerprint density at radius 2 is 1.92 bits per heavy atom. The van der Waals surface area contributed by atoms with E-state index in [9.17, 15) is 24.6 Å². The van der Waals surface area contributed by atoms with E-state index in [-0.39, 0.29) is 30.3 Å². The van der Waals surface area contributed by atoms with Crippen molar-refractivity contribution in [2.75, 3.05) is 32.8 Å². The van der Waals surface area contributed by atoms with Crippen LogP contribution in [0.3, 0.4) is 0 Å². The van der Waals surface area contributed by atoms with Gasteiger partial charge in [-0.15, -0.1) is 12.4 Å². The summed E-state index contributed by atoms with van der Waals surface area (Å²) >= 11 is 0. The lowest BCUT2D eigenvalue weighted by Gasteiger charge is -2.16. The number of aliphatic imine (C=N–C) groups is 1. The smallest absolute Gasteiger partial charge is 0.408 e. The third kappa shape index (κ3) is 9.76. The van der Waals surface area contributed by atoms with E-state index >= 15 is 0 Å². The van der Waals surface area contributed by atoms with E-state index in [1.807, 2.05) is 6.07 Å². The molecule has 2 aromatic carbocycles. The molecule has 1 atom stereocenters. The molecule has 1 heterocycles. The predicted molar refractivity (Wildman–Crippen MR) is 137 cm³/mol. The van der Waals surface area contributed by atoms with Crippen LogP contribution in [-0.4, -0.2) is 73.0 Å². The van der Waals surface area contributed by atoms with Crippen LogP contribution in [0.5, 0.6) is 11.5 Å². The van der Waals surface area contributed by atoms with Crippen LogP contribution in [0.4, 0.5) is 4.79 Å². The van der Waals surface area contributed by atoms with Gasteiger partial charge in [-0.2, -0.15) is 0 Å². The lowest BCUT2D eigenvalue weighted by Crippen LogP contribution is -2.48. The molecule has 1 aliphatic rings. The van der Waals surface area contributed by atoms with Crippen LogP contribution in [0.2, 0.25) is 0 Å². The minimum atomic E-state index is -1.43. The molecule has 200 valence electrons. The van der Waals surface area contributed by atoms with Gasteiger partial charge in [-0.1, -0.05) is 30.3 Å². The molecule has 37 heavy (non-hydrogen) atoms. The highest BCUT2D eigenvalue weighted by atomic mass is 35.5. The lowest BCUT2D eigenvalue weighted by molar-refractivity contribution is -0.139. The van der Waals surface area contributed by atoms with Gasteiger partial charge in [-0.3, -0.25) is 9.79 Å². The molecule has 0 fully saturated rings. The summed E-state index contributed by atoms with van der Waals surface area (Å²) in [4.78, 5) is 40.2. The van der Waals surface area contributed by atoms with Crippen LogP contribution < -0.4 is 26.0 Å². The van der Waals surface area contributed by atoms with Gasteiger partial charge in [0.05, 0.1) is 12.1 Å². The van der Waals surface area contributed by atoms with Crippen LogP contribution in [-0.2, 0) is 16.1 Å². The standard InChI is InChI=1S/C24H29N5O7.ClH/c30-20-13-17(35-12-11-27-23-25-9-4-10-26-23)7-8-18(20)21(31)28-14-19(22(32)33)29-24(34)36-15-16-5-2-1-3-6-16;/h1-3,5-8,13,19,30H,4,9-12,14-15H2,(H,28,31)(H,29,34)(H,32,33)(H2,25,26,27);1H/t19-;/m0./s1. The molecule has 0 saturated heterocycles. The number of carboxylic acids is 1. The number of phenolic OH excluding ortho intramolecular Hbond substituents is 1. The van der Waals surface area contributed by atoms with Gasteiger partial charge >= 0.3 is 12.1 Å². The molecule has 0 radical (unpaired) electrons. The molecule has 12 nitrogen and oxygen atoms in total. The van der Waals surface area contributed by atoms with Crippen molar-refractivity contribution in [2.24, 2.45) is 4.99 Å². The second-order valence-corrected chi connectivity index (χ2v) is 7.77. The fourth-order valence-electron chi connectivity index (χ4n) is 3.18. The third-order valence-corrected chi connectivity index (χ3v) is 5.04. The summed E-state index contributed by atoms with van der Waals surface area (Å²) in [6.45, 7) is 1.98. The zero-order valence-corrected chi connectivity index (χ0v) is 20.8. The van der Waals surface area contributed by atoms with Gasteiger partial charge in [-0.25, -0.2) is 9.59 Å². The summed E-state index contributed by atoms with van der Waals surface area (Å²) in [5.74, 6) is -1.33. The number of nitrogens with one attached hydrogen (secondary N) is 4. The number of hydrogen-bond acceptors (Lipinski definition) is 9. The van der Waals surface area contributed by atoms with Gasteiger partial charge in [0.15, 0.2) is 5.96 Å². The number of nitrogens with zero attached hydrogens (tertiary/aromatic N) is 1. The van der Waals surface area contributed by atoms with E-state index in [0.29, 0.717) is 18.9 Å². The molecule has 0 bridgehead atoms. The Hall–Kier alpha value is -4.19. The molecule has 0 aliphatic carbocycles. The molecule has 1 aliphatic heterocycles. The summed E-state index contributed by atoms with van der Waals surface area (Å²) in [5, 5.41) is 30.4. The third-order valence-electron chi connectivity index (χ3n) is 5.04. The highest BCUT2D eigenvalue weighted by Gasteiger charge is 2.22. The predicted octanol–water partition coefficient (Wildman–Crippen LogP) is 1.24. The Bertz CT molecular complexity index is 1080. The van der Waals surface area contributed by atoms with Gasteiger partial charge in [0, 0.05) is 25.7 Å². The summed E-state index contributed by atoms with van der Waals surface area (Å²) in [5.41, 5.74) is 0.666. The molecule has 0 saturated carbocycles. The molecule has 0 aromatic heterocycles. The monoisotopic (exact) mass is 535 g/mol. The first-order valence-electron chi connectivity index (χ1n) is 11.4. The number of carboxylic acid groups (broad SMARTS) is 1. The molecular weight excluding hydrogens is 506 g/mol. The van der Waals surface area contributed by atoms with Gasteiger partial charge in [0.25, 0.3) is 5.91 Å². The summed E-state index contributed by atoms with van der Waals surface area (Å²) < 4.78 is 10.6. The number of hydrogen-bond donors (Lipinski definition) is 6. The van der Waals surface area contributed by atoms with Gasteiger partial charge in [-0.05, 0) is 24.1 Å². The quantitative estimate of drug-likeness (QED) is 0.232. The Morgan fingerprint density at radius 3 is 2.59 bits per heavy atom. The normalized spacial score (nSPS) is 13.0. The fourth-order valence-corrected chi connectivity index (χ4v) is 3.18. The maximum absolute atomic E-state index is 12.5. The molecular formula is C24H30ClN5O7. The van der Waals surface area contributed by atoms with Crippen molar-refractivity contribution >= 4 is 36.3 Å². The van der Waals surface area contributed by atoms with Gasteiger partial charge < -0.3 is 41.0 Å².